The minimum Gasteiger partial charge on any atom is -0.353 e. The predicted molar refractivity (Wildman–Crippen MR) is 86.3 cm³/mol. The van der Waals surface area contributed by atoms with E-state index in [1.165, 1.54) is 19.4 Å². The fourth-order valence-corrected chi connectivity index (χ4v) is 3.95. The minimum atomic E-state index is -3.83. The van der Waals surface area contributed by atoms with Crippen molar-refractivity contribution in [3.63, 3.8) is 0 Å². The predicted octanol–water partition coefficient (Wildman–Crippen LogP) is 1.63. The van der Waals surface area contributed by atoms with E-state index in [2.05, 4.69) is 4.98 Å². The Morgan fingerprint density at radius 3 is 2.71 bits per heavy atom. The summed E-state index contributed by atoms with van der Waals surface area (Å²) in [7, 11) is -2.63. The number of hydrogen-bond acceptors (Lipinski definition) is 7. The van der Waals surface area contributed by atoms with Crippen LogP contribution in [0.1, 0.15) is 27.0 Å². The molecule has 0 unspecified atom stereocenters. The molecule has 1 aromatic rings. The highest BCUT2D eigenvalue weighted by Gasteiger charge is 2.52. The van der Waals surface area contributed by atoms with Crippen LogP contribution in [0.25, 0.3) is 0 Å². The third-order valence-corrected chi connectivity index (χ3v) is 5.51. The lowest BCUT2D eigenvalue weighted by Crippen LogP contribution is -2.42. The molecule has 4 atom stereocenters. The lowest BCUT2D eigenvalue weighted by atomic mass is 10.1. The molecule has 9 nitrogen and oxygen atoms in total. The van der Waals surface area contributed by atoms with Gasteiger partial charge in [-0.25, -0.2) is 9.36 Å². The molecular weight excluding hydrogens is 363 g/mol. The summed E-state index contributed by atoms with van der Waals surface area (Å²) in [5.41, 5.74) is -1.21. The number of halogens is 1. The largest absolute Gasteiger partial charge is 0.475 e. The van der Waals surface area contributed by atoms with E-state index in [1.807, 2.05) is 0 Å². The molecule has 0 amide bonds. The number of phosphoric acid groups is 1. The molecule has 136 valence electrons. The third-order valence-electron chi connectivity index (χ3n) is 3.44. The van der Waals surface area contributed by atoms with Crippen LogP contribution in [0.15, 0.2) is 21.9 Å². The van der Waals surface area contributed by atoms with Crippen LogP contribution in [-0.4, -0.2) is 40.3 Å². The van der Waals surface area contributed by atoms with Crippen LogP contribution in [0.3, 0.4) is 0 Å². The molecule has 0 aliphatic carbocycles. The monoisotopic (exact) mass is 382 g/mol. The summed E-state index contributed by atoms with van der Waals surface area (Å²) in [5, 5.41) is 0. The van der Waals surface area contributed by atoms with Crippen LogP contribution in [0.2, 0.25) is 0 Å². The molecule has 0 bridgehead atoms. The summed E-state index contributed by atoms with van der Waals surface area (Å²) >= 11 is 6.51. The van der Waals surface area contributed by atoms with Crippen LogP contribution < -0.4 is 11.2 Å². The molecule has 0 aromatic carbocycles. The molecule has 24 heavy (non-hydrogen) atoms. The van der Waals surface area contributed by atoms with Gasteiger partial charge in [-0.3, -0.25) is 27.9 Å². The van der Waals surface area contributed by atoms with Crippen LogP contribution in [0, 0.1) is 0 Å². The van der Waals surface area contributed by atoms with Crippen molar-refractivity contribution in [3.05, 3.63) is 33.1 Å². The zero-order valence-electron chi connectivity index (χ0n) is 13.7. The number of alkyl halides is 1. The zero-order chi connectivity index (χ0) is 18.1. The molecular formula is C13H20ClN2O7P. The van der Waals surface area contributed by atoms with Crippen LogP contribution in [-0.2, 0) is 22.9 Å². The van der Waals surface area contributed by atoms with Gasteiger partial charge in [-0.1, -0.05) is 0 Å². The Bertz CT molecular complexity index is 744. The normalized spacial score (nSPS) is 29.8. The van der Waals surface area contributed by atoms with Crippen molar-refractivity contribution >= 4 is 19.4 Å². The topological polar surface area (TPSA) is 109 Å². The first-order valence-electron chi connectivity index (χ1n) is 7.23. The molecule has 1 fully saturated rings. The van der Waals surface area contributed by atoms with Crippen molar-refractivity contribution in [1.82, 2.24) is 9.55 Å². The van der Waals surface area contributed by atoms with Crippen molar-refractivity contribution in [2.24, 2.45) is 0 Å². The first-order chi connectivity index (χ1) is 11.1. The van der Waals surface area contributed by atoms with E-state index < -0.39 is 42.4 Å². The second-order valence-electron chi connectivity index (χ2n) is 5.73. The Morgan fingerprint density at radius 2 is 2.17 bits per heavy atom. The number of aromatic amines is 1. The molecule has 1 N–H and O–H groups in total. The average Bonchev–Trinajstić information content (AvgIpc) is 2.73. The van der Waals surface area contributed by atoms with Gasteiger partial charge in [-0.2, -0.15) is 0 Å². The second kappa shape index (κ2) is 7.11. The van der Waals surface area contributed by atoms with Crippen LogP contribution >= 0.6 is 19.4 Å². The Balaban J connectivity index is 2.26. The van der Waals surface area contributed by atoms with E-state index in [0.717, 1.165) is 4.57 Å². The number of ether oxygens (including phenoxy) is 1. The van der Waals surface area contributed by atoms with E-state index in [-0.39, 0.29) is 6.61 Å². The van der Waals surface area contributed by atoms with Crippen molar-refractivity contribution < 1.29 is 22.9 Å². The number of nitrogens with one attached hydrogen (secondary N) is 1. The van der Waals surface area contributed by atoms with Crippen molar-refractivity contribution in [1.29, 1.82) is 0 Å². The minimum absolute atomic E-state index is 0.0367. The van der Waals surface area contributed by atoms with Gasteiger partial charge in [0.1, 0.15) is 11.0 Å². The Labute approximate surface area is 143 Å². The number of rotatable bonds is 6. The summed E-state index contributed by atoms with van der Waals surface area (Å²) in [6, 6.07) is 1.17. The molecule has 0 saturated carbocycles. The van der Waals surface area contributed by atoms with Gasteiger partial charge in [0.2, 0.25) is 0 Å². The highest BCUT2D eigenvalue weighted by atomic mass is 35.5. The van der Waals surface area contributed by atoms with E-state index in [0.29, 0.717) is 0 Å². The molecule has 1 saturated heterocycles. The lowest BCUT2D eigenvalue weighted by molar-refractivity contribution is 0.0346. The van der Waals surface area contributed by atoms with E-state index in [4.69, 9.17) is 29.9 Å². The third kappa shape index (κ3) is 3.99. The van der Waals surface area contributed by atoms with Crippen molar-refractivity contribution in [3.8, 4) is 0 Å². The number of aromatic nitrogens is 2. The summed E-state index contributed by atoms with van der Waals surface area (Å²) in [5.74, 6) is 0. The second-order valence-corrected chi connectivity index (χ2v) is 8.23. The van der Waals surface area contributed by atoms with Gasteiger partial charge in [-0.05, 0) is 20.8 Å². The summed E-state index contributed by atoms with van der Waals surface area (Å²) in [4.78, 5) is 24.0. The van der Waals surface area contributed by atoms with Gasteiger partial charge in [0.05, 0.1) is 12.7 Å². The first kappa shape index (κ1) is 19.4. The molecule has 2 heterocycles. The summed E-state index contributed by atoms with van der Waals surface area (Å²) in [6.07, 6.45) is -0.919. The van der Waals surface area contributed by atoms with Crippen molar-refractivity contribution in [2.45, 2.75) is 44.1 Å². The molecule has 1 aliphatic rings. The average molecular weight is 383 g/mol. The standard InChI is InChI=1S/C13H20ClN2O7P/c1-8(2)22-24(19,20-4)23-9-7-21-11(13(9,3)14)16-6-5-10(17)15-12(16)18/h5-6,8-9,11H,7H2,1-4H3,(H,15,17,18)/t9-,11-,13-,24+/m1/s1. The fourth-order valence-electron chi connectivity index (χ4n) is 2.29. The molecule has 0 spiro atoms. The Hall–Kier alpha value is -0.960. The zero-order valence-corrected chi connectivity index (χ0v) is 15.4. The van der Waals surface area contributed by atoms with Crippen molar-refractivity contribution in [2.75, 3.05) is 13.7 Å². The van der Waals surface area contributed by atoms with E-state index in [9.17, 15) is 14.2 Å². The highest BCUT2D eigenvalue weighted by molar-refractivity contribution is 7.48. The lowest BCUT2D eigenvalue weighted by Gasteiger charge is -2.30. The number of H-pyrrole nitrogens is 1. The van der Waals surface area contributed by atoms with Gasteiger partial charge in [0.25, 0.3) is 5.56 Å². The quantitative estimate of drug-likeness (QED) is 0.588. The smallest absolute Gasteiger partial charge is 0.353 e. The molecule has 0 radical (unpaired) electrons. The van der Waals surface area contributed by atoms with Crippen LogP contribution in [0.5, 0.6) is 0 Å². The maximum atomic E-state index is 12.5. The molecule has 1 aliphatic heterocycles. The van der Waals surface area contributed by atoms with Gasteiger partial charge in [0.15, 0.2) is 6.23 Å². The van der Waals surface area contributed by atoms with Gasteiger partial charge in [0, 0.05) is 19.4 Å². The maximum absolute atomic E-state index is 12.5. The SMILES string of the molecule is CO[P@@](=O)(OC(C)C)O[C@@H]1CO[C@@H](n2ccc(=O)[nH]c2=O)[C@]1(C)Cl. The van der Waals surface area contributed by atoms with Gasteiger partial charge in [-0.15, -0.1) is 11.6 Å². The fraction of sp³-hybridized carbons (Fsp3) is 0.692. The number of nitrogens with zero attached hydrogens (tertiary/aromatic N) is 1. The summed E-state index contributed by atoms with van der Waals surface area (Å²) < 4.78 is 34.7. The van der Waals surface area contributed by atoms with E-state index in [1.54, 1.807) is 20.8 Å². The molecule has 11 heteroatoms. The molecule has 2 rings (SSSR count). The molecule has 1 aromatic heterocycles. The number of hydrogen-bond donors (Lipinski definition) is 1. The highest BCUT2D eigenvalue weighted by Crippen LogP contribution is 2.55. The van der Waals surface area contributed by atoms with Crippen LogP contribution in [0.4, 0.5) is 0 Å². The van der Waals surface area contributed by atoms with E-state index >= 15 is 0 Å². The summed E-state index contributed by atoms with van der Waals surface area (Å²) in [6.45, 7) is 4.90. The van der Waals surface area contributed by atoms with Gasteiger partial charge >= 0.3 is 13.5 Å². The first-order valence-corrected chi connectivity index (χ1v) is 9.07. The number of phosphoric ester groups is 1. The Kier molecular flexibility index (Phi) is 5.74. The maximum Gasteiger partial charge on any atom is 0.475 e. The Morgan fingerprint density at radius 1 is 1.50 bits per heavy atom. The van der Waals surface area contributed by atoms with Gasteiger partial charge < -0.3 is 4.74 Å².